The van der Waals surface area contributed by atoms with Crippen LogP contribution in [0.2, 0.25) is 0 Å². The van der Waals surface area contributed by atoms with E-state index < -0.39 is 18.0 Å². The Labute approximate surface area is 64.6 Å². The molecule has 2 fully saturated rings. The SMILES string of the molecule is NC1OC1C1(F)CCCOC1. The van der Waals surface area contributed by atoms with Crippen molar-refractivity contribution in [2.75, 3.05) is 13.2 Å². The molecule has 4 heteroatoms. The van der Waals surface area contributed by atoms with Gasteiger partial charge in [-0.15, -0.1) is 0 Å². The number of epoxide rings is 1. The largest absolute Gasteiger partial charge is 0.378 e. The Kier molecular flexibility index (Phi) is 1.63. The Balaban J connectivity index is 1.97. The molecule has 0 bridgehead atoms. The summed E-state index contributed by atoms with van der Waals surface area (Å²) in [6.07, 6.45) is 0.471. The van der Waals surface area contributed by atoms with Gasteiger partial charge in [-0.25, -0.2) is 4.39 Å². The van der Waals surface area contributed by atoms with E-state index >= 15 is 0 Å². The lowest BCUT2D eigenvalue weighted by atomic mass is 9.95. The first-order valence-electron chi connectivity index (χ1n) is 3.90. The van der Waals surface area contributed by atoms with Crippen molar-refractivity contribution in [3.63, 3.8) is 0 Å². The van der Waals surface area contributed by atoms with Gasteiger partial charge in [0.25, 0.3) is 0 Å². The standard InChI is InChI=1S/C7H12FNO2/c8-7(5-6(9)11-5)2-1-3-10-4-7/h5-6H,1-4,9H2. The molecule has 0 aromatic rings. The van der Waals surface area contributed by atoms with Crippen molar-refractivity contribution in [2.45, 2.75) is 30.8 Å². The minimum absolute atomic E-state index is 0.144. The van der Waals surface area contributed by atoms with Crippen LogP contribution in [-0.4, -0.2) is 31.2 Å². The predicted octanol–water partition coefficient (Wildman–Crippen LogP) is 0.189. The lowest BCUT2D eigenvalue weighted by Crippen LogP contribution is -2.41. The number of hydrogen-bond donors (Lipinski definition) is 1. The molecule has 0 radical (unpaired) electrons. The van der Waals surface area contributed by atoms with E-state index in [9.17, 15) is 4.39 Å². The summed E-state index contributed by atoms with van der Waals surface area (Å²) in [6, 6.07) is 0. The maximum absolute atomic E-state index is 13.7. The third-order valence-electron chi connectivity index (χ3n) is 2.26. The lowest BCUT2D eigenvalue weighted by molar-refractivity contribution is -0.0457. The summed E-state index contributed by atoms with van der Waals surface area (Å²) < 4.78 is 23.6. The zero-order chi connectivity index (χ0) is 7.90. The van der Waals surface area contributed by atoms with Crippen molar-refractivity contribution in [1.82, 2.24) is 0 Å². The first kappa shape index (κ1) is 7.46. The van der Waals surface area contributed by atoms with E-state index in [2.05, 4.69) is 0 Å². The van der Waals surface area contributed by atoms with Crippen molar-refractivity contribution in [2.24, 2.45) is 5.73 Å². The number of rotatable bonds is 1. The molecule has 0 amide bonds. The van der Waals surface area contributed by atoms with Crippen LogP contribution in [0.5, 0.6) is 0 Å². The minimum atomic E-state index is -1.31. The summed E-state index contributed by atoms with van der Waals surface area (Å²) in [5, 5.41) is 0. The molecule has 2 aliphatic rings. The summed E-state index contributed by atoms with van der Waals surface area (Å²) in [5.41, 5.74) is 4.06. The van der Waals surface area contributed by atoms with Gasteiger partial charge in [-0.05, 0) is 12.8 Å². The molecular weight excluding hydrogens is 149 g/mol. The molecule has 11 heavy (non-hydrogen) atoms. The van der Waals surface area contributed by atoms with Gasteiger partial charge in [0, 0.05) is 6.61 Å². The van der Waals surface area contributed by atoms with E-state index in [4.69, 9.17) is 15.2 Å². The molecule has 2 saturated heterocycles. The second kappa shape index (κ2) is 2.40. The van der Waals surface area contributed by atoms with Gasteiger partial charge in [-0.3, -0.25) is 0 Å². The predicted molar refractivity (Wildman–Crippen MR) is 36.7 cm³/mol. The van der Waals surface area contributed by atoms with Gasteiger partial charge in [-0.2, -0.15) is 0 Å². The van der Waals surface area contributed by atoms with Gasteiger partial charge in [-0.1, -0.05) is 0 Å². The lowest BCUT2D eigenvalue weighted by Gasteiger charge is -2.27. The first-order chi connectivity index (χ1) is 5.22. The molecule has 2 heterocycles. The highest BCUT2D eigenvalue weighted by Crippen LogP contribution is 2.38. The van der Waals surface area contributed by atoms with Gasteiger partial charge in [0.15, 0.2) is 5.67 Å². The third-order valence-corrected chi connectivity index (χ3v) is 2.26. The van der Waals surface area contributed by atoms with Crippen LogP contribution in [0, 0.1) is 0 Å². The Hall–Kier alpha value is -0.190. The van der Waals surface area contributed by atoms with Gasteiger partial charge < -0.3 is 15.2 Å². The second-order valence-corrected chi connectivity index (χ2v) is 3.21. The van der Waals surface area contributed by atoms with Crippen molar-refractivity contribution < 1.29 is 13.9 Å². The van der Waals surface area contributed by atoms with E-state index in [1.165, 1.54) is 0 Å². The smallest absolute Gasteiger partial charge is 0.164 e. The molecule has 2 rings (SSSR count). The van der Waals surface area contributed by atoms with Crippen molar-refractivity contribution >= 4 is 0 Å². The molecule has 0 spiro atoms. The van der Waals surface area contributed by atoms with Crippen molar-refractivity contribution in [3.05, 3.63) is 0 Å². The maximum Gasteiger partial charge on any atom is 0.164 e. The Morgan fingerprint density at radius 3 is 2.73 bits per heavy atom. The number of hydrogen-bond acceptors (Lipinski definition) is 3. The third kappa shape index (κ3) is 1.26. The summed E-state index contributed by atoms with van der Waals surface area (Å²) >= 11 is 0. The number of ether oxygens (including phenoxy) is 2. The van der Waals surface area contributed by atoms with Crippen LogP contribution < -0.4 is 5.73 Å². The maximum atomic E-state index is 13.7. The number of nitrogens with two attached hydrogens (primary N) is 1. The van der Waals surface area contributed by atoms with E-state index in [1.807, 2.05) is 0 Å². The molecule has 0 saturated carbocycles. The van der Waals surface area contributed by atoms with E-state index in [0.717, 1.165) is 6.42 Å². The van der Waals surface area contributed by atoms with Crippen LogP contribution in [0.25, 0.3) is 0 Å². The molecule has 0 aliphatic carbocycles. The van der Waals surface area contributed by atoms with Crippen LogP contribution in [-0.2, 0) is 9.47 Å². The summed E-state index contributed by atoms with van der Waals surface area (Å²) in [5.74, 6) is 0. The number of halogens is 1. The van der Waals surface area contributed by atoms with Gasteiger partial charge >= 0.3 is 0 Å². The molecule has 64 valence electrons. The van der Waals surface area contributed by atoms with Gasteiger partial charge in [0.2, 0.25) is 0 Å². The first-order valence-corrected chi connectivity index (χ1v) is 3.90. The average molecular weight is 161 g/mol. The Morgan fingerprint density at radius 2 is 2.27 bits per heavy atom. The molecule has 2 N–H and O–H groups in total. The van der Waals surface area contributed by atoms with Crippen LogP contribution in [0.3, 0.4) is 0 Å². The van der Waals surface area contributed by atoms with E-state index in [0.29, 0.717) is 13.0 Å². The fourth-order valence-corrected chi connectivity index (χ4v) is 1.55. The fraction of sp³-hybridized carbons (Fsp3) is 1.00. The molecule has 0 aromatic carbocycles. The van der Waals surface area contributed by atoms with E-state index in [1.54, 1.807) is 0 Å². The van der Waals surface area contributed by atoms with Crippen molar-refractivity contribution in [1.29, 1.82) is 0 Å². The topological polar surface area (TPSA) is 47.8 Å². The Morgan fingerprint density at radius 1 is 1.55 bits per heavy atom. The quantitative estimate of drug-likeness (QED) is 0.558. The zero-order valence-electron chi connectivity index (χ0n) is 6.25. The summed E-state index contributed by atoms with van der Waals surface area (Å²) in [4.78, 5) is 0. The van der Waals surface area contributed by atoms with Crippen LogP contribution >= 0.6 is 0 Å². The number of alkyl halides is 1. The average Bonchev–Trinajstić information content (AvgIpc) is 2.69. The van der Waals surface area contributed by atoms with Crippen LogP contribution in [0.4, 0.5) is 4.39 Å². The summed E-state index contributed by atoms with van der Waals surface area (Å²) in [6.45, 7) is 0.805. The zero-order valence-corrected chi connectivity index (χ0v) is 6.25. The molecule has 0 aromatic heterocycles. The monoisotopic (exact) mass is 161 g/mol. The minimum Gasteiger partial charge on any atom is -0.378 e. The molecular formula is C7H12FNO2. The molecule has 3 unspecified atom stereocenters. The van der Waals surface area contributed by atoms with Crippen molar-refractivity contribution in [3.8, 4) is 0 Å². The highest BCUT2D eigenvalue weighted by molar-refractivity contribution is 5.00. The Bertz CT molecular complexity index is 159. The molecule has 3 atom stereocenters. The molecule has 2 aliphatic heterocycles. The van der Waals surface area contributed by atoms with Crippen LogP contribution in [0.1, 0.15) is 12.8 Å². The van der Waals surface area contributed by atoms with Gasteiger partial charge in [0.1, 0.15) is 12.3 Å². The normalized spacial score (nSPS) is 50.7. The van der Waals surface area contributed by atoms with E-state index in [-0.39, 0.29) is 6.61 Å². The highest BCUT2D eigenvalue weighted by atomic mass is 19.1. The van der Waals surface area contributed by atoms with Crippen LogP contribution in [0.15, 0.2) is 0 Å². The molecule has 3 nitrogen and oxygen atoms in total. The second-order valence-electron chi connectivity index (χ2n) is 3.21. The fourth-order valence-electron chi connectivity index (χ4n) is 1.55. The summed E-state index contributed by atoms with van der Waals surface area (Å²) in [7, 11) is 0. The van der Waals surface area contributed by atoms with Gasteiger partial charge in [0.05, 0.1) is 6.61 Å². The highest BCUT2D eigenvalue weighted by Gasteiger charge is 2.54.